The van der Waals surface area contributed by atoms with E-state index in [0.29, 0.717) is 16.9 Å². The highest BCUT2D eigenvalue weighted by atomic mass is 16.5. The lowest BCUT2D eigenvalue weighted by atomic mass is 10.0. The average Bonchev–Trinajstić information content (AvgIpc) is 2.66. The van der Waals surface area contributed by atoms with E-state index in [1.165, 1.54) is 11.6 Å². The molecule has 0 radical (unpaired) electrons. The number of fused-ring (bicyclic) bond motifs is 1. The fourth-order valence-electron chi connectivity index (χ4n) is 2.91. The van der Waals surface area contributed by atoms with Gasteiger partial charge in [-0.25, -0.2) is 4.79 Å². The zero-order valence-electron chi connectivity index (χ0n) is 14.9. The first-order valence-corrected chi connectivity index (χ1v) is 8.58. The van der Waals surface area contributed by atoms with Gasteiger partial charge in [-0.15, -0.1) is 0 Å². The van der Waals surface area contributed by atoms with Gasteiger partial charge in [0, 0.05) is 23.6 Å². The number of rotatable bonds is 6. The molecule has 0 aliphatic rings. The summed E-state index contributed by atoms with van der Waals surface area (Å²) in [6.07, 6.45) is 1.98. The van der Waals surface area contributed by atoms with Crippen LogP contribution in [0.25, 0.3) is 11.0 Å². The van der Waals surface area contributed by atoms with Gasteiger partial charge in [-0.2, -0.15) is 0 Å². The molecule has 1 aromatic heterocycles. The van der Waals surface area contributed by atoms with Crippen molar-refractivity contribution in [2.75, 3.05) is 7.11 Å². The molecule has 1 amide bonds. The number of amides is 1. The Morgan fingerprint density at radius 3 is 2.77 bits per heavy atom. The SMILES string of the molecule is CCCc1ccc2oc(=O)cc(CNC(=O)c3cccc(OC)c3)c2c1. The minimum atomic E-state index is -0.425. The summed E-state index contributed by atoms with van der Waals surface area (Å²) in [5.41, 5.74) is 2.53. The molecular weight excluding hydrogens is 330 g/mol. The molecule has 0 saturated heterocycles. The molecule has 3 aromatic rings. The van der Waals surface area contributed by atoms with Crippen LogP contribution in [0.3, 0.4) is 0 Å². The first kappa shape index (κ1) is 17.7. The normalized spacial score (nSPS) is 10.7. The molecule has 2 aromatic carbocycles. The third kappa shape index (κ3) is 3.94. The largest absolute Gasteiger partial charge is 0.497 e. The highest BCUT2D eigenvalue weighted by molar-refractivity contribution is 5.94. The molecule has 0 spiro atoms. The van der Waals surface area contributed by atoms with E-state index in [1.807, 2.05) is 18.2 Å². The first-order valence-electron chi connectivity index (χ1n) is 8.58. The molecule has 26 heavy (non-hydrogen) atoms. The molecule has 134 valence electrons. The fraction of sp³-hybridized carbons (Fsp3) is 0.238. The van der Waals surface area contributed by atoms with E-state index in [4.69, 9.17) is 9.15 Å². The van der Waals surface area contributed by atoms with Crippen molar-refractivity contribution in [2.24, 2.45) is 0 Å². The van der Waals surface area contributed by atoms with Crippen LogP contribution >= 0.6 is 0 Å². The first-order chi connectivity index (χ1) is 12.6. The number of carbonyl (C=O) groups excluding carboxylic acids is 1. The molecule has 0 fully saturated rings. The van der Waals surface area contributed by atoms with Crippen molar-refractivity contribution < 1.29 is 13.9 Å². The number of hydrogen-bond acceptors (Lipinski definition) is 4. The highest BCUT2D eigenvalue weighted by Crippen LogP contribution is 2.20. The molecule has 3 rings (SSSR count). The van der Waals surface area contributed by atoms with E-state index in [0.717, 1.165) is 23.8 Å². The van der Waals surface area contributed by atoms with Gasteiger partial charge in [-0.05, 0) is 47.9 Å². The van der Waals surface area contributed by atoms with Crippen LogP contribution < -0.4 is 15.7 Å². The quantitative estimate of drug-likeness (QED) is 0.688. The standard InChI is InChI=1S/C21H21NO4/c1-3-5-14-8-9-19-18(10-14)16(12-20(23)26-19)13-22-21(24)15-6-4-7-17(11-15)25-2/h4,6-12H,3,5,13H2,1-2H3,(H,22,24). The molecule has 5 heteroatoms. The van der Waals surface area contributed by atoms with Gasteiger partial charge >= 0.3 is 5.63 Å². The van der Waals surface area contributed by atoms with Crippen molar-refractivity contribution in [1.82, 2.24) is 5.32 Å². The minimum Gasteiger partial charge on any atom is -0.497 e. The molecule has 0 bridgehead atoms. The lowest BCUT2D eigenvalue weighted by Crippen LogP contribution is -2.23. The number of methoxy groups -OCH3 is 1. The van der Waals surface area contributed by atoms with Crippen molar-refractivity contribution in [3.05, 3.63) is 75.6 Å². The summed E-state index contributed by atoms with van der Waals surface area (Å²) >= 11 is 0. The second kappa shape index (κ2) is 7.87. The maximum Gasteiger partial charge on any atom is 0.336 e. The molecule has 0 aliphatic heterocycles. The zero-order valence-corrected chi connectivity index (χ0v) is 14.9. The van der Waals surface area contributed by atoms with Crippen LogP contribution in [0.5, 0.6) is 5.75 Å². The second-order valence-electron chi connectivity index (χ2n) is 6.09. The fourth-order valence-corrected chi connectivity index (χ4v) is 2.91. The number of hydrogen-bond donors (Lipinski definition) is 1. The van der Waals surface area contributed by atoms with Crippen LogP contribution in [0, 0.1) is 0 Å². The van der Waals surface area contributed by atoms with Crippen LogP contribution in [0.4, 0.5) is 0 Å². The Labute approximate surface area is 151 Å². The summed E-state index contributed by atoms with van der Waals surface area (Å²) in [7, 11) is 1.56. The topological polar surface area (TPSA) is 68.5 Å². The zero-order chi connectivity index (χ0) is 18.5. The van der Waals surface area contributed by atoms with Crippen LogP contribution in [0.1, 0.15) is 34.8 Å². The molecule has 1 heterocycles. The summed E-state index contributed by atoms with van der Waals surface area (Å²) in [5, 5.41) is 3.71. The van der Waals surface area contributed by atoms with E-state index >= 15 is 0 Å². The lowest BCUT2D eigenvalue weighted by Gasteiger charge is -2.09. The van der Waals surface area contributed by atoms with Crippen molar-refractivity contribution >= 4 is 16.9 Å². The Morgan fingerprint density at radius 1 is 1.15 bits per heavy atom. The summed E-state index contributed by atoms with van der Waals surface area (Å²) < 4.78 is 10.4. The van der Waals surface area contributed by atoms with Gasteiger partial charge in [0.15, 0.2) is 0 Å². The van der Waals surface area contributed by atoms with Crippen molar-refractivity contribution in [2.45, 2.75) is 26.3 Å². The number of ether oxygens (including phenoxy) is 1. The number of aryl methyl sites for hydroxylation is 1. The molecule has 0 aliphatic carbocycles. The van der Waals surface area contributed by atoms with Crippen molar-refractivity contribution in [3.8, 4) is 5.75 Å². The highest BCUT2D eigenvalue weighted by Gasteiger charge is 2.10. The average molecular weight is 351 g/mol. The smallest absolute Gasteiger partial charge is 0.336 e. The number of carbonyl (C=O) groups is 1. The molecule has 0 unspecified atom stereocenters. The van der Waals surface area contributed by atoms with E-state index in [-0.39, 0.29) is 12.5 Å². The van der Waals surface area contributed by atoms with E-state index in [1.54, 1.807) is 31.4 Å². The third-order valence-electron chi connectivity index (χ3n) is 4.20. The Bertz CT molecular complexity index is 991. The maximum atomic E-state index is 12.4. The molecule has 1 N–H and O–H groups in total. The van der Waals surface area contributed by atoms with Crippen LogP contribution in [-0.4, -0.2) is 13.0 Å². The van der Waals surface area contributed by atoms with E-state index in [9.17, 15) is 9.59 Å². The number of nitrogens with one attached hydrogen (secondary N) is 1. The van der Waals surface area contributed by atoms with Gasteiger partial charge in [0.2, 0.25) is 0 Å². The van der Waals surface area contributed by atoms with Gasteiger partial charge in [-0.3, -0.25) is 4.79 Å². The Hall–Kier alpha value is -3.08. The van der Waals surface area contributed by atoms with Crippen molar-refractivity contribution in [3.63, 3.8) is 0 Å². The lowest BCUT2D eigenvalue weighted by molar-refractivity contribution is 0.0950. The van der Waals surface area contributed by atoms with Gasteiger partial charge in [0.05, 0.1) is 7.11 Å². The summed E-state index contributed by atoms with van der Waals surface area (Å²) in [6.45, 7) is 2.36. The maximum absolute atomic E-state index is 12.4. The van der Waals surface area contributed by atoms with Gasteiger partial charge in [0.1, 0.15) is 11.3 Å². The van der Waals surface area contributed by atoms with Gasteiger partial charge in [0.25, 0.3) is 5.91 Å². The predicted octanol–water partition coefficient (Wildman–Crippen LogP) is 3.68. The summed E-state index contributed by atoms with van der Waals surface area (Å²) in [4.78, 5) is 24.2. The van der Waals surface area contributed by atoms with Crippen LogP contribution in [0.15, 0.2) is 57.7 Å². The second-order valence-corrected chi connectivity index (χ2v) is 6.09. The molecule has 0 atom stereocenters. The van der Waals surface area contributed by atoms with E-state index < -0.39 is 5.63 Å². The third-order valence-corrected chi connectivity index (χ3v) is 4.20. The molecular formula is C21H21NO4. The molecule has 5 nitrogen and oxygen atoms in total. The Morgan fingerprint density at radius 2 is 2.00 bits per heavy atom. The Kier molecular flexibility index (Phi) is 5.37. The predicted molar refractivity (Wildman–Crippen MR) is 101 cm³/mol. The van der Waals surface area contributed by atoms with Crippen molar-refractivity contribution in [1.29, 1.82) is 0 Å². The Balaban J connectivity index is 1.86. The van der Waals surface area contributed by atoms with Crippen LogP contribution in [-0.2, 0) is 13.0 Å². The van der Waals surface area contributed by atoms with E-state index in [2.05, 4.69) is 12.2 Å². The summed E-state index contributed by atoms with van der Waals surface area (Å²) in [5.74, 6) is 0.391. The molecule has 0 saturated carbocycles. The summed E-state index contributed by atoms with van der Waals surface area (Å²) in [6, 6.07) is 14.2. The van der Waals surface area contributed by atoms with Crippen LogP contribution in [0.2, 0.25) is 0 Å². The van der Waals surface area contributed by atoms with Gasteiger partial charge < -0.3 is 14.5 Å². The number of benzene rings is 2. The monoisotopic (exact) mass is 351 g/mol. The minimum absolute atomic E-state index is 0.227. The van der Waals surface area contributed by atoms with Gasteiger partial charge in [-0.1, -0.05) is 25.5 Å².